The molecule has 2 saturated carbocycles. The van der Waals surface area contributed by atoms with Crippen LogP contribution in [-0.2, 0) is 9.59 Å². The maximum Gasteiger partial charge on any atom is 0.327 e. The average Bonchev–Trinajstić information content (AvgIpc) is 2.70. The number of carboxylic acids is 2. The number of carbonyl (C=O) groups is 2. The van der Waals surface area contributed by atoms with Crippen LogP contribution in [0.2, 0.25) is 0 Å². The molecule has 0 heterocycles. The highest BCUT2D eigenvalue weighted by atomic mass is 16.4. The summed E-state index contributed by atoms with van der Waals surface area (Å²) in [4.78, 5) is 20.2. The van der Waals surface area contributed by atoms with Gasteiger partial charge in [-0.3, -0.25) is 0 Å². The number of rotatable bonds is 3. The summed E-state index contributed by atoms with van der Waals surface area (Å²) in [5, 5.41) is 18.5. The van der Waals surface area contributed by atoms with E-state index >= 15 is 0 Å². The fraction of sp³-hybridized carbons (Fsp3) is 0.625. The van der Waals surface area contributed by atoms with Crippen LogP contribution >= 0.6 is 0 Å². The van der Waals surface area contributed by atoms with Gasteiger partial charge in [0.05, 0.1) is 5.97 Å². The number of fused-ring (bicyclic) bond motifs is 2. The molecule has 1 N–H and O–H groups in total. The molecule has 0 aromatic rings. The van der Waals surface area contributed by atoms with Crippen molar-refractivity contribution in [3.05, 3.63) is 24.8 Å². The Morgan fingerprint density at radius 2 is 1.85 bits per heavy atom. The van der Waals surface area contributed by atoms with Gasteiger partial charge in [-0.1, -0.05) is 33.9 Å². The summed E-state index contributed by atoms with van der Waals surface area (Å²) in [6, 6.07) is 0. The minimum absolute atomic E-state index is 0.106. The zero-order valence-electron chi connectivity index (χ0n) is 12.4. The Balaban J connectivity index is 0.000000347. The largest absolute Gasteiger partial charge is 0.545 e. The van der Waals surface area contributed by atoms with Gasteiger partial charge in [0, 0.05) is 6.08 Å². The first-order chi connectivity index (χ1) is 9.07. The van der Waals surface area contributed by atoms with E-state index < -0.39 is 11.9 Å². The average molecular weight is 279 g/mol. The second-order valence-electron chi connectivity index (χ2n) is 6.52. The molecule has 0 radical (unpaired) electrons. The molecule has 0 aromatic heterocycles. The third-order valence-corrected chi connectivity index (χ3v) is 5.65. The van der Waals surface area contributed by atoms with E-state index in [1.54, 1.807) is 0 Å². The van der Waals surface area contributed by atoms with Crippen LogP contribution < -0.4 is 5.11 Å². The Labute approximate surface area is 120 Å². The first-order valence-electron chi connectivity index (χ1n) is 6.83. The molecule has 2 aliphatic rings. The van der Waals surface area contributed by atoms with Crippen molar-refractivity contribution in [3.8, 4) is 0 Å². The van der Waals surface area contributed by atoms with E-state index in [1.165, 1.54) is 6.42 Å². The zero-order valence-corrected chi connectivity index (χ0v) is 12.4. The molecule has 2 bridgehead atoms. The normalized spacial score (nSPS) is 33.0. The Morgan fingerprint density at radius 1 is 1.35 bits per heavy atom. The fourth-order valence-corrected chi connectivity index (χ4v) is 3.87. The highest BCUT2D eigenvalue weighted by Gasteiger charge is 2.61. The van der Waals surface area contributed by atoms with Gasteiger partial charge in [-0.2, -0.15) is 0 Å². The summed E-state index contributed by atoms with van der Waals surface area (Å²) in [7, 11) is 0. The van der Waals surface area contributed by atoms with E-state index in [-0.39, 0.29) is 16.7 Å². The first kappa shape index (κ1) is 16.5. The molecule has 0 spiro atoms. The van der Waals surface area contributed by atoms with Crippen molar-refractivity contribution in [3.63, 3.8) is 0 Å². The third-order valence-electron chi connectivity index (χ3n) is 5.65. The summed E-state index contributed by atoms with van der Waals surface area (Å²) < 4.78 is 0. The topological polar surface area (TPSA) is 77.4 Å². The standard InChI is InChI=1S/C13H20O2.C3H4O2/c1-8(11(14)15)10-7-9-5-6-13(10,4)12(9,2)3;1-2-3(4)5/h9-10H,1,5-7H2,2-4H3,(H,14,15);2H,1H2,(H,4,5)/p-1/t9-,10?,13-;/m1./s1. The quantitative estimate of drug-likeness (QED) is 0.802. The van der Waals surface area contributed by atoms with Crippen molar-refractivity contribution in [2.24, 2.45) is 22.7 Å². The SMILES string of the molecule is C=C(C(=O)[O-])C1C[C@H]2CC[C@@]1(C)C2(C)C.C=CC(=O)O. The Kier molecular flexibility index (Phi) is 4.47. The van der Waals surface area contributed by atoms with Crippen molar-refractivity contribution in [2.45, 2.75) is 40.0 Å². The van der Waals surface area contributed by atoms with Crippen LogP contribution in [0.15, 0.2) is 24.8 Å². The summed E-state index contributed by atoms with van der Waals surface area (Å²) in [6.45, 7) is 13.4. The number of carbonyl (C=O) groups excluding carboxylic acids is 1. The molecule has 0 amide bonds. The number of carboxylic acid groups (broad SMARTS) is 2. The van der Waals surface area contributed by atoms with Crippen molar-refractivity contribution in [1.82, 2.24) is 0 Å². The lowest BCUT2D eigenvalue weighted by Gasteiger charge is -2.40. The van der Waals surface area contributed by atoms with E-state index in [0.717, 1.165) is 18.9 Å². The minimum atomic E-state index is -1.07. The minimum Gasteiger partial charge on any atom is -0.545 e. The Morgan fingerprint density at radius 3 is 2.10 bits per heavy atom. The lowest BCUT2D eigenvalue weighted by Crippen LogP contribution is -2.37. The van der Waals surface area contributed by atoms with Gasteiger partial charge in [0.25, 0.3) is 0 Å². The van der Waals surface area contributed by atoms with Gasteiger partial charge in [-0.25, -0.2) is 4.79 Å². The Bertz CT molecular complexity index is 449. The van der Waals surface area contributed by atoms with Crippen molar-refractivity contribution in [2.75, 3.05) is 0 Å². The second-order valence-corrected chi connectivity index (χ2v) is 6.52. The maximum atomic E-state index is 10.9. The van der Waals surface area contributed by atoms with Gasteiger partial charge in [-0.05, 0) is 47.5 Å². The summed E-state index contributed by atoms with van der Waals surface area (Å²) in [6.07, 6.45) is 4.18. The van der Waals surface area contributed by atoms with Gasteiger partial charge >= 0.3 is 5.97 Å². The van der Waals surface area contributed by atoms with Crippen LogP contribution in [-0.4, -0.2) is 17.0 Å². The van der Waals surface area contributed by atoms with Crippen molar-refractivity contribution < 1.29 is 19.8 Å². The maximum absolute atomic E-state index is 10.9. The lowest BCUT2D eigenvalue weighted by atomic mass is 9.65. The number of hydrogen-bond donors (Lipinski definition) is 1. The highest BCUT2D eigenvalue weighted by Crippen LogP contribution is 2.69. The van der Waals surface area contributed by atoms with Gasteiger partial charge in [-0.15, -0.1) is 0 Å². The zero-order chi connectivity index (χ0) is 15.7. The van der Waals surface area contributed by atoms with Gasteiger partial charge in [0.15, 0.2) is 0 Å². The van der Waals surface area contributed by atoms with E-state index in [9.17, 15) is 14.7 Å². The molecule has 2 fully saturated rings. The highest BCUT2D eigenvalue weighted by molar-refractivity contribution is 5.84. The molecule has 0 aliphatic heterocycles. The predicted molar refractivity (Wildman–Crippen MR) is 74.7 cm³/mol. The smallest absolute Gasteiger partial charge is 0.327 e. The predicted octanol–water partition coefficient (Wildman–Crippen LogP) is 2.01. The van der Waals surface area contributed by atoms with Gasteiger partial charge in [0.2, 0.25) is 0 Å². The molecule has 0 saturated heterocycles. The van der Waals surface area contributed by atoms with Crippen molar-refractivity contribution in [1.29, 1.82) is 0 Å². The molecule has 2 rings (SSSR count). The Hall–Kier alpha value is -1.58. The molecule has 4 nitrogen and oxygen atoms in total. The summed E-state index contributed by atoms with van der Waals surface area (Å²) >= 11 is 0. The number of hydrogen-bond acceptors (Lipinski definition) is 3. The molecular formula is C16H23O4-. The van der Waals surface area contributed by atoms with Crippen LogP contribution in [0.5, 0.6) is 0 Å². The molecule has 20 heavy (non-hydrogen) atoms. The summed E-state index contributed by atoms with van der Waals surface area (Å²) in [5.74, 6) is -1.27. The molecule has 2 aliphatic carbocycles. The fourth-order valence-electron chi connectivity index (χ4n) is 3.87. The summed E-state index contributed by atoms with van der Waals surface area (Å²) in [5.41, 5.74) is 0.665. The first-order valence-corrected chi connectivity index (χ1v) is 6.83. The van der Waals surface area contributed by atoms with E-state index in [2.05, 4.69) is 33.9 Å². The molecule has 4 heteroatoms. The lowest BCUT2D eigenvalue weighted by molar-refractivity contribution is -0.300. The second kappa shape index (κ2) is 5.43. The van der Waals surface area contributed by atoms with Gasteiger partial charge in [0.1, 0.15) is 0 Å². The molecule has 3 atom stereocenters. The monoisotopic (exact) mass is 279 g/mol. The third kappa shape index (κ3) is 2.51. The molecule has 112 valence electrons. The van der Waals surface area contributed by atoms with Crippen LogP contribution in [0.3, 0.4) is 0 Å². The van der Waals surface area contributed by atoms with Crippen LogP contribution in [0.4, 0.5) is 0 Å². The molecule has 1 unspecified atom stereocenters. The molecule has 0 aromatic carbocycles. The van der Waals surface area contributed by atoms with Crippen LogP contribution in [0, 0.1) is 22.7 Å². The van der Waals surface area contributed by atoms with Crippen LogP contribution in [0.25, 0.3) is 0 Å². The van der Waals surface area contributed by atoms with E-state index in [0.29, 0.717) is 11.5 Å². The van der Waals surface area contributed by atoms with Crippen LogP contribution in [0.1, 0.15) is 40.0 Å². The molecular weight excluding hydrogens is 256 g/mol. The van der Waals surface area contributed by atoms with Crippen molar-refractivity contribution >= 4 is 11.9 Å². The van der Waals surface area contributed by atoms with E-state index in [4.69, 9.17) is 5.11 Å². The number of aliphatic carboxylic acids is 2. The van der Waals surface area contributed by atoms with Gasteiger partial charge < -0.3 is 15.0 Å². The van der Waals surface area contributed by atoms with E-state index in [1.807, 2.05) is 0 Å².